The van der Waals surface area contributed by atoms with E-state index in [-0.39, 0.29) is 40.3 Å². The number of rotatable bonds is 7. The summed E-state index contributed by atoms with van der Waals surface area (Å²) in [6, 6.07) is 7.22. The first-order chi connectivity index (χ1) is 18.8. The summed E-state index contributed by atoms with van der Waals surface area (Å²) in [7, 11) is -0.498. The van der Waals surface area contributed by atoms with Crippen LogP contribution in [0.25, 0.3) is 0 Å². The fraction of sp³-hybridized carbons (Fsp3) is 0.360. The first kappa shape index (κ1) is 31.6. The van der Waals surface area contributed by atoms with Crippen LogP contribution in [-0.2, 0) is 21.0 Å². The topological polar surface area (TPSA) is 112 Å². The van der Waals surface area contributed by atoms with Crippen LogP contribution in [0.1, 0.15) is 36.3 Å². The number of likely N-dealkylation sites (N-methyl/N-ethyl adjacent to an activating group) is 1. The monoisotopic (exact) mass is 622 g/mol. The molecule has 1 fully saturated rings. The number of thiazole rings is 1. The van der Waals surface area contributed by atoms with Crippen LogP contribution in [0.3, 0.4) is 0 Å². The van der Waals surface area contributed by atoms with Crippen molar-refractivity contribution in [3.8, 4) is 0 Å². The van der Waals surface area contributed by atoms with Crippen molar-refractivity contribution in [3.63, 3.8) is 0 Å². The molecule has 15 heteroatoms. The van der Waals surface area contributed by atoms with E-state index in [1.165, 1.54) is 18.3 Å². The van der Waals surface area contributed by atoms with Gasteiger partial charge in [-0.1, -0.05) is 29.8 Å². The van der Waals surface area contributed by atoms with Gasteiger partial charge in [-0.25, -0.2) is 17.8 Å². The Hall–Kier alpha value is -2.94. The molecule has 0 unspecified atom stereocenters. The van der Waals surface area contributed by atoms with E-state index in [1.54, 1.807) is 11.4 Å². The minimum absolute atomic E-state index is 0.0263. The largest absolute Gasteiger partial charge is 0.483 e. The number of sulfonamides is 1. The van der Waals surface area contributed by atoms with Crippen molar-refractivity contribution < 1.29 is 35.9 Å². The van der Waals surface area contributed by atoms with Crippen molar-refractivity contribution in [2.75, 3.05) is 24.1 Å². The van der Waals surface area contributed by atoms with Gasteiger partial charge in [0.15, 0.2) is 5.13 Å². The predicted molar refractivity (Wildman–Crippen MR) is 146 cm³/mol. The van der Waals surface area contributed by atoms with Gasteiger partial charge in [-0.3, -0.25) is 9.52 Å². The van der Waals surface area contributed by atoms with Gasteiger partial charge in [0.25, 0.3) is 16.5 Å². The molecule has 2 aromatic carbocycles. The van der Waals surface area contributed by atoms with Gasteiger partial charge in [-0.15, -0.1) is 11.3 Å². The summed E-state index contributed by atoms with van der Waals surface area (Å²) >= 11 is 7.42. The summed E-state index contributed by atoms with van der Waals surface area (Å²) in [5.74, 6) is -1.06. The molecule has 1 saturated carbocycles. The van der Waals surface area contributed by atoms with Crippen LogP contribution in [0.2, 0.25) is 5.02 Å². The van der Waals surface area contributed by atoms with Crippen LogP contribution in [-0.4, -0.2) is 56.1 Å². The molecular weight excluding hydrogens is 596 g/mol. The van der Waals surface area contributed by atoms with Crippen LogP contribution >= 0.6 is 22.9 Å². The molecular formula is C25H27ClF4N4O4S2. The molecule has 1 aromatic heterocycles. The van der Waals surface area contributed by atoms with E-state index >= 15 is 0 Å². The molecule has 8 nitrogen and oxygen atoms in total. The molecule has 0 radical (unpaired) electrons. The van der Waals surface area contributed by atoms with Crippen molar-refractivity contribution in [1.29, 1.82) is 0 Å². The Balaban J connectivity index is 0.00000141. The van der Waals surface area contributed by atoms with E-state index in [9.17, 15) is 26.0 Å². The fourth-order valence-electron chi connectivity index (χ4n) is 4.65. The van der Waals surface area contributed by atoms with Crippen molar-refractivity contribution in [2.24, 2.45) is 0 Å². The number of halogens is 5. The number of hydrogen-bond donors (Lipinski definition) is 3. The first-order valence-electron chi connectivity index (χ1n) is 11.9. The SMILES string of the molecule is CN(C)[C@H]1C[C@@H](c2cccc(C(F)(F)F)c2)CC[C@@H]1Nc1cc(F)c(S(=O)(=O)Nc2nccs2)cc1Cl.O=CO. The van der Waals surface area contributed by atoms with Crippen LogP contribution in [0.4, 0.5) is 28.4 Å². The Morgan fingerprint density at radius 2 is 1.90 bits per heavy atom. The van der Waals surface area contributed by atoms with Crippen LogP contribution < -0.4 is 10.0 Å². The van der Waals surface area contributed by atoms with Gasteiger partial charge in [0, 0.05) is 23.7 Å². The summed E-state index contributed by atoms with van der Waals surface area (Å²) in [6.07, 6.45) is -1.20. The van der Waals surface area contributed by atoms with Gasteiger partial charge in [-0.2, -0.15) is 13.2 Å². The number of carbonyl (C=O) groups is 1. The third-order valence-corrected chi connectivity index (χ3v) is 8.96. The van der Waals surface area contributed by atoms with Crippen LogP contribution in [0.15, 0.2) is 52.9 Å². The summed E-state index contributed by atoms with van der Waals surface area (Å²) < 4.78 is 82.0. The van der Waals surface area contributed by atoms with Crippen molar-refractivity contribution in [2.45, 2.75) is 48.3 Å². The molecule has 218 valence electrons. The molecule has 0 saturated heterocycles. The zero-order valence-electron chi connectivity index (χ0n) is 21.3. The van der Waals surface area contributed by atoms with E-state index in [0.29, 0.717) is 24.8 Å². The normalized spacial score (nSPS) is 19.4. The standard InChI is InChI=1S/C24H25ClF4N4O2S2.CH2O2/c1-33(2)21-11-15(14-4-3-5-16(10-14)24(27,28)29)6-7-19(21)31-20-13-18(26)22(12-17(20)25)37(34,35)32-23-30-8-9-36-23;2-1-3/h3-5,8-10,12-13,15,19,21,31H,6-7,11H2,1-2H3,(H,30,32);1H,(H,2,3)/t15-,19-,21-;/m0./s1. The quantitative estimate of drug-likeness (QED) is 0.215. The maximum Gasteiger partial charge on any atom is 0.416 e. The lowest BCUT2D eigenvalue weighted by molar-refractivity contribution is -0.137. The maximum absolute atomic E-state index is 14.9. The molecule has 4 rings (SSSR count). The molecule has 0 amide bonds. The third kappa shape index (κ3) is 7.83. The zero-order chi connectivity index (χ0) is 29.7. The molecule has 1 aliphatic rings. The number of benzene rings is 2. The summed E-state index contributed by atoms with van der Waals surface area (Å²) in [4.78, 5) is 13.6. The second-order valence-electron chi connectivity index (χ2n) is 9.23. The van der Waals surface area contributed by atoms with Gasteiger partial charge in [-0.05, 0) is 63.0 Å². The highest BCUT2D eigenvalue weighted by Crippen LogP contribution is 2.39. The van der Waals surface area contributed by atoms with E-state index in [2.05, 4.69) is 15.0 Å². The van der Waals surface area contributed by atoms with Crippen molar-refractivity contribution in [1.82, 2.24) is 9.88 Å². The maximum atomic E-state index is 14.9. The smallest absolute Gasteiger partial charge is 0.416 e. The minimum atomic E-state index is -4.41. The molecule has 3 aromatic rings. The van der Waals surface area contributed by atoms with Crippen molar-refractivity contribution >= 4 is 50.3 Å². The molecule has 0 bridgehead atoms. The van der Waals surface area contributed by atoms with Crippen molar-refractivity contribution in [3.05, 3.63) is 69.9 Å². The number of aromatic nitrogens is 1. The van der Waals surface area contributed by atoms with Gasteiger partial charge in [0.1, 0.15) is 10.7 Å². The number of alkyl halides is 3. The average Bonchev–Trinajstić information content (AvgIpc) is 3.38. The van der Waals surface area contributed by atoms with E-state index in [0.717, 1.165) is 29.5 Å². The second-order valence-corrected chi connectivity index (χ2v) is 12.2. The number of nitrogens with one attached hydrogen (secondary N) is 2. The zero-order valence-corrected chi connectivity index (χ0v) is 23.7. The van der Waals surface area contributed by atoms with Gasteiger partial charge >= 0.3 is 6.18 Å². The minimum Gasteiger partial charge on any atom is -0.483 e. The summed E-state index contributed by atoms with van der Waals surface area (Å²) in [5.41, 5.74) is 0.196. The Labute approximate surface area is 238 Å². The molecule has 1 heterocycles. The molecule has 40 heavy (non-hydrogen) atoms. The highest BCUT2D eigenvalue weighted by atomic mass is 35.5. The first-order valence-corrected chi connectivity index (χ1v) is 14.6. The lowest BCUT2D eigenvalue weighted by atomic mass is 9.78. The highest BCUT2D eigenvalue weighted by Gasteiger charge is 2.35. The Morgan fingerprint density at radius 3 is 2.50 bits per heavy atom. The summed E-state index contributed by atoms with van der Waals surface area (Å²) in [6.45, 7) is -0.250. The number of anilines is 2. The Morgan fingerprint density at radius 1 is 1.20 bits per heavy atom. The number of nitrogens with zero attached hydrogens (tertiary/aromatic N) is 2. The molecule has 3 N–H and O–H groups in total. The Bertz CT molecular complexity index is 1410. The summed E-state index contributed by atoms with van der Waals surface area (Å²) in [5, 5.41) is 11.8. The van der Waals surface area contributed by atoms with Gasteiger partial charge in [0.05, 0.1) is 16.3 Å². The predicted octanol–water partition coefficient (Wildman–Crippen LogP) is 6.13. The molecule has 3 atom stereocenters. The number of hydrogen-bond acceptors (Lipinski definition) is 7. The molecule has 0 aliphatic heterocycles. The van der Waals surface area contributed by atoms with E-state index in [4.69, 9.17) is 21.5 Å². The Kier molecular flexibility index (Phi) is 10.4. The molecule has 0 spiro atoms. The number of carboxylic acid groups (broad SMARTS) is 1. The van der Waals surface area contributed by atoms with E-state index < -0.39 is 32.5 Å². The highest BCUT2D eigenvalue weighted by molar-refractivity contribution is 7.93. The van der Waals surface area contributed by atoms with Gasteiger partial charge < -0.3 is 15.3 Å². The second kappa shape index (κ2) is 13.1. The third-order valence-electron chi connectivity index (χ3n) is 6.47. The average molecular weight is 623 g/mol. The van der Waals surface area contributed by atoms with Gasteiger partial charge in [0.2, 0.25) is 0 Å². The fourth-order valence-corrected chi connectivity index (χ4v) is 6.80. The lowest BCUT2D eigenvalue weighted by Gasteiger charge is -2.41. The lowest BCUT2D eigenvalue weighted by Crippen LogP contribution is -2.47. The van der Waals surface area contributed by atoms with E-state index in [1.807, 2.05) is 19.0 Å². The van der Waals surface area contributed by atoms with Crippen LogP contribution in [0, 0.1) is 5.82 Å². The van der Waals surface area contributed by atoms with Crippen LogP contribution in [0.5, 0.6) is 0 Å². The molecule has 1 aliphatic carbocycles.